The van der Waals surface area contributed by atoms with Gasteiger partial charge in [0.05, 0.1) is 0 Å². The van der Waals surface area contributed by atoms with Crippen LogP contribution in [0.2, 0.25) is 0 Å². The first kappa shape index (κ1) is 18.6. The standard InChI is InChI=1S/C22H32N2O3/c1-16(25)23-19-7-5-17(6-8-19)9-12-24-13-10-18(11-14-24)20-3-2-4-21-22(20)27-15-26-21/h2-4,17-19H,5-15H2,1H3,(H,23,25). The van der Waals surface area contributed by atoms with E-state index in [2.05, 4.69) is 22.3 Å². The van der Waals surface area contributed by atoms with Crippen LogP contribution in [0.4, 0.5) is 0 Å². The topological polar surface area (TPSA) is 50.8 Å². The Balaban J connectivity index is 1.20. The molecule has 0 atom stereocenters. The molecule has 1 aromatic rings. The average Bonchev–Trinajstić information content (AvgIpc) is 3.16. The summed E-state index contributed by atoms with van der Waals surface area (Å²) in [6.07, 6.45) is 8.52. The third-order valence-corrected chi connectivity index (χ3v) is 6.56. The Labute approximate surface area is 162 Å². The van der Waals surface area contributed by atoms with Crippen LogP contribution in [0, 0.1) is 5.92 Å². The van der Waals surface area contributed by atoms with Crippen LogP contribution in [0.1, 0.15) is 63.4 Å². The molecular formula is C22H32N2O3. The molecule has 0 bridgehead atoms. The Bertz CT molecular complexity index is 647. The maximum Gasteiger partial charge on any atom is 0.231 e. The molecule has 4 rings (SSSR count). The van der Waals surface area contributed by atoms with Crippen LogP contribution in [0.5, 0.6) is 11.5 Å². The number of benzene rings is 1. The summed E-state index contributed by atoms with van der Waals surface area (Å²) >= 11 is 0. The molecule has 1 N–H and O–H groups in total. The van der Waals surface area contributed by atoms with Gasteiger partial charge in [-0.05, 0) is 82.5 Å². The molecular weight excluding hydrogens is 340 g/mol. The van der Waals surface area contributed by atoms with E-state index < -0.39 is 0 Å². The summed E-state index contributed by atoms with van der Waals surface area (Å²) in [6, 6.07) is 6.71. The van der Waals surface area contributed by atoms with E-state index in [1.807, 2.05) is 6.07 Å². The van der Waals surface area contributed by atoms with Gasteiger partial charge in [-0.15, -0.1) is 0 Å². The number of carbonyl (C=O) groups excluding carboxylic acids is 1. The minimum atomic E-state index is 0.113. The summed E-state index contributed by atoms with van der Waals surface area (Å²) in [5.74, 6) is 3.42. The first-order valence-electron chi connectivity index (χ1n) is 10.6. The van der Waals surface area contributed by atoms with Crippen molar-refractivity contribution in [3.8, 4) is 11.5 Å². The molecule has 1 amide bonds. The van der Waals surface area contributed by atoms with Crippen molar-refractivity contribution in [1.29, 1.82) is 0 Å². The van der Waals surface area contributed by atoms with Crippen molar-refractivity contribution >= 4 is 5.91 Å². The maximum absolute atomic E-state index is 11.2. The van der Waals surface area contributed by atoms with Crippen LogP contribution in [-0.4, -0.2) is 43.3 Å². The lowest BCUT2D eigenvalue weighted by molar-refractivity contribution is -0.119. The number of nitrogens with zero attached hydrogens (tertiary/aromatic N) is 1. The number of nitrogens with one attached hydrogen (secondary N) is 1. The zero-order chi connectivity index (χ0) is 18.6. The molecule has 2 heterocycles. The van der Waals surface area contributed by atoms with Crippen molar-refractivity contribution in [1.82, 2.24) is 10.2 Å². The van der Waals surface area contributed by atoms with Crippen LogP contribution >= 0.6 is 0 Å². The third kappa shape index (κ3) is 4.57. The monoisotopic (exact) mass is 372 g/mol. The number of hydrogen-bond donors (Lipinski definition) is 1. The zero-order valence-electron chi connectivity index (χ0n) is 16.4. The van der Waals surface area contributed by atoms with Crippen molar-refractivity contribution in [2.24, 2.45) is 5.92 Å². The molecule has 5 heteroatoms. The summed E-state index contributed by atoms with van der Waals surface area (Å²) in [4.78, 5) is 13.8. The van der Waals surface area contributed by atoms with Gasteiger partial charge in [0, 0.05) is 18.5 Å². The highest BCUT2D eigenvalue weighted by atomic mass is 16.7. The van der Waals surface area contributed by atoms with E-state index in [1.165, 1.54) is 57.3 Å². The smallest absolute Gasteiger partial charge is 0.231 e. The number of para-hydroxylation sites is 1. The Morgan fingerprint density at radius 1 is 1.11 bits per heavy atom. The van der Waals surface area contributed by atoms with Crippen molar-refractivity contribution < 1.29 is 14.3 Å². The summed E-state index contributed by atoms with van der Waals surface area (Å²) in [5, 5.41) is 3.08. The predicted octanol–water partition coefficient (Wildman–Crippen LogP) is 3.68. The second-order valence-electron chi connectivity index (χ2n) is 8.40. The van der Waals surface area contributed by atoms with Crippen molar-refractivity contribution in [2.75, 3.05) is 26.4 Å². The molecule has 1 aliphatic carbocycles. The summed E-state index contributed by atoms with van der Waals surface area (Å²) in [5.41, 5.74) is 1.33. The van der Waals surface area contributed by atoms with Crippen molar-refractivity contribution in [3.63, 3.8) is 0 Å². The highest BCUT2D eigenvalue weighted by Crippen LogP contribution is 2.42. The van der Waals surface area contributed by atoms with Crippen LogP contribution in [0.15, 0.2) is 18.2 Å². The van der Waals surface area contributed by atoms with Gasteiger partial charge in [0.2, 0.25) is 12.7 Å². The molecule has 0 radical (unpaired) electrons. The van der Waals surface area contributed by atoms with E-state index in [1.54, 1.807) is 6.92 Å². The lowest BCUT2D eigenvalue weighted by Crippen LogP contribution is -2.37. The predicted molar refractivity (Wildman–Crippen MR) is 105 cm³/mol. The van der Waals surface area contributed by atoms with Gasteiger partial charge < -0.3 is 19.7 Å². The van der Waals surface area contributed by atoms with Crippen molar-refractivity contribution in [2.45, 2.75) is 63.8 Å². The van der Waals surface area contributed by atoms with Gasteiger partial charge in [0.15, 0.2) is 11.5 Å². The minimum absolute atomic E-state index is 0.113. The number of carbonyl (C=O) groups is 1. The number of piperidine rings is 1. The molecule has 148 valence electrons. The molecule has 1 aromatic carbocycles. The fourth-order valence-corrected chi connectivity index (χ4v) is 4.99. The Morgan fingerprint density at radius 2 is 1.89 bits per heavy atom. The largest absolute Gasteiger partial charge is 0.454 e. The number of rotatable bonds is 5. The Kier molecular flexibility index (Phi) is 5.86. The van der Waals surface area contributed by atoms with Crippen molar-refractivity contribution in [3.05, 3.63) is 23.8 Å². The van der Waals surface area contributed by atoms with E-state index in [9.17, 15) is 4.79 Å². The Hall–Kier alpha value is -1.75. The second-order valence-corrected chi connectivity index (χ2v) is 8.40. The molecule has 0 spiro atoms. The van der Waals surface area contributed by atoms with Crippen LogP contribution in [0.3, 0.4) is 0 Å². The number of fused-ring (bicyclic) bond motifs is 1. The van der Waals surface area contributed by atoms with Gasteiger partial charge >= 0.3 is 0 Å². The Morgan fingerprint density at radius 3 is 2.63 bits per heavy atom. The number of likely N-dealkylation sites (tertiary alicyclic amines) is 1. The van der Waals surface area contributed by atoms with Gasteiger partial charge in [0.25, 0.3) is 0 Å². The first-order chi connectivity index (χ1) is 13.2. The normalized spacial score (nSPS) is 26.1. The lowest BCUT2D eigenvalue weighted by Gasteiger charge is -2.34. The average molecular weight is 373 g/mol. The molecule has 5 nitrogen and oxygen atoms in total. The third-order valence-electron chi connectivity index (χ3n) is 6.56. The number of ether oxygens (including phenoxy) is 2. The first-order valence-corrected chi connectivity index (χ1v) is 10.6. The highest BCUT2D eigenvalue weighted by Gasteiger charge is 2.27. The maximum atomic E-state index is 11.2. The second kappa shape index (κ2) is 8.51. The molecule has 2 fully saturated rings. The van der Waals surface area contributed by atoms with Crippen LogP contribution in [0.25, 0.3) is 0 Å². The molecule has 3 aliphatic rings. The minimum Gasteiger partial charge on any atom is -0.454 e. The van der Waals surface area contributed by atoms with Gasteiger partial charge in [-0.3, -0.25) is 4.79 Å². The van der Waals surface area contributed by atoms with E-state index in [-0.39, 0.29) is 5.91 Å². The molecule has 0 aromatic heterocycles. The van der Waals surface area contributed by atoms with E-state index >= 15 is 0 Å². The fraction of sp³-hybridized carbons (Fsp3) is 0.682. The van der Waals surface area contributed by atoms with E-state index in [4.69, 9.17) is 9.47 Å². The molecule has 1 saturated heterocycles. The highest BCUT2D eigenvalue weighted by molar-refractivity contribution is 5.73. The van der Waals surface area contributed by atoms with E-state index in [0.29, 0.717) is 18.8 Å². The molecule has 27 heavy (non-hydrogen) atoms. The van der Waals surface area contributed by atoms with E-state index in [0.717, 1.165) is 30.3 Å². The number of amides is 1. The van der Waals surface area contributed by atoms with Crippen LogP contribution in [-0.2, 0) is 4.79 Å². The summed E-state index contributed by atoms with van der Waals surface area (Å²) < 4.78 is 11.2. The molecule has 0 unspecified atom stereocenters. The zero-order valence-corrected chi connectivity index (χ0v) is 16.4. The van der Waals surface area contributed by atoms with Gasteiger partial charge in [-0.2, -0.15) is 0 Å². The van der Waals surface area contributed by atoms with Gasteiger partial charge in [0.1, 0.15) is 0 Å². The quantitative estimate of drug-likeness (QED) is 0.857. The number of hydrogen-bond acceptors (Lipinski definition) is 4. The van der Waals surface area contributed by atoms with Gasteiger partial charge in [-0.1, -0.05) is 12.1 Å². The van der Waals surface area contributed by atoms with Crippen LogP contribution < -0.4 is 14.8 Å². The lowest BCUT2D eigenvalue weighted by atomic mass is 9.83. The fourth-order valence-electron chi connectivity index (χ4n) is 4.99. The summed E-state index contributed by atoms with van der Waals surface area (Å²) in [7, 11) is 0. The SMILES string of the molecule is CC(=O)NC1CCC(CCN2CCC(c3cccc4c3OCO4)CC2)CC1. The molecule has 2 aliphatic heterocycles. The van der Waals surface area contributed by atoms with Gasteiger partial charge in [-0.25, -0.2) is 0 Å². The summed E-state index contributed by atoms with van der Waals surface area (Å²) in [6.45, 7) is 5.55. The molecule has 1 saturated carbocycles.